The summed E-state index contributed by atoms with van der Waals surface area (Å²) in [6.45, 7) is 4.29. The Morgan fingerprint density at radius 1 is 1.55 bits per heavy atom. The van der Waals surface area contributed by atoms with Crippen molar-refractivity contribution >= 4 is 27.8 Å². The van der Waals surface area contributed by atoms with Crippen LogP contribution in [0.3, 0.4) is 0 Å². The SMILES string of the molecule is CC(C)C[C@H]1C[C@]2(N=C(N)N(C)C2=O)c2cc(Br)ccc2O1. The highest BCUT2D eigenvalue weighted by atomic mass is 79.9. The number of amides is 1. The van der Waals surface area contributed by atoms with Crippen LogP contribution in [0, 0.1) is 5.92 Å². The summed E-state index contributed by atoms with van der Waals surface area (Å²) in [7, 11) is 1.67. The molecular weight excluding hydrogens is 346 g/mol. The van der Waals surface area contributed by atoms with Gasteiger partial charge in [0.1, 0.15) is 11.9 Å². The van der Waals surface area contributed by atoms with Crippen molar-refractivity contribution in [2.45, 2.75) is 38.3 Å². The lowest BCUT2D eigenvalue weighted by Crippen LogP contribution is -2.45. The summed E-state index contributed by atoms with van der Waals surface area (Å²) in [4.78, 5) is 18.8. The van der Waals surface area contributed by atoms with Crippen LogP contribution < -0.4 is 10.5 Å². The first-order chi connectivity index (χ1) is 10.3. The molecule has 2 heterocycles. The predicted molar refractivity (Wildman–Crippen MR) is 88.7 cm³/mol. The van der Waals surface area contributed by atoms with Gasteiger partial charge in [0, 0.05) is 23.5 Å². The van der Waals surface area contributed by atoms with E-state index in [0.29, 0.717) is 12.3 Å². The van der Waals surface area contributed by atoms with E-state index in [9.17, 15) is 4.79 Å². The molecule has 0 fully saturated rings. The minimum atomic E-state index is -0.949. The lowest BCUT2D eigenvalue weighted by atomic mass is 9.80. The number of guanidine groups is 1. The fourth-order valence-electron chi connectivity index (χ4n) is 3.25. The van der Waals surface area contributed by atoms with Gasteiger partial charge in [-0.25, -0.2) is 4.99 Å². The third kappa shape index (κ3) is 2.29. The maximum absolute atomic E-state index is 12.9. The Morgan fingerprint density at radius 3 is 2.86 bits per heavy atom. The van der Waals surface area contributed by atoms with E-state index >= 15 is 0 Å². The van der Waals surface area contributed by atoms with Gasteiger partial charge >= 0.3 is 0 Å². The number of aliphatic imine (C=N–C) groups is 1. The quantitative estimate of drug-likeness (QED) is 0.875. The largest absolute Gasteiger partial charge is 0.490 e. The second kappa shape index (κ2) is 5.26. The molecule has 118 valence electrons. The van der Waals surface area contributed by atoms with Crippen molar-refractivity contribution < 1.29 is 9.53 Å². The number of fused-ring (bicyclic) bond motifs is 2. The predicted octanol–water partition coefficient (Wildman–Crippen LogP) is 2.63. The molecule has 2 aliphatic rings. The van der Waals surface area contributed by atoms with Crippen LogP contribution in [0.4, 0.5) is 0 Å². The summed E-state index contributed by atoms with van der Waals surface area (Å²) < 4.78 is 7.00. The number of carbonyl (C=O) groups is 1. The van der Waals surface area contributed by atoms with Crippen molar-refractivity contribution in [2.75, 3.05) is 7.05 Å². The molecule has 1 aromatic rings. The zero-order chi connectivity index (χ0) is 16.1. The van der Waals surface area contributed by atoms with Gasteiger partial charge in [0.05, 0.1) is 0 Å². The molecule has 22 heavy (non-hydrogen) atoms. The van der Waals surface area contributed by atoms with Crippen LogP contribution in [0.15, 0.2) is 27.7 Å². The molecule has 1 spiro atoms. The summed E-state index contributed by atoms with van der Waals surface area (Å²) in [5.41, 5.74) is 5.76. The van der Waals surface area contributed by atoms with E-state index in [0.717, 1.165) is 22.2 Å². The molecule has 2 atom stereocenters. The first-order valence-corrected chi connectivity index (χ1v) is 8.23. The van der Waals surface area contributed by atoms with Crippen molar-refractivity contribution in [2.24, 2.45) is 16.6 Å². The molecule has 1 aromatic carbocycles. The van der Waals surface area contributed by atoms with E-state index in [4.69, 9.17) is 10.5 Å². The fourth-order valence-corrected chi connectivity index (χ4v) is 3.62. The molecule has 0 bridgehead atoms. The highest BCUT2D eigenvalue weighted by Gasteiger charge is 2.53. The normalized spacial score (nSPS) is 27.1. The first kappa shape index (κ1) is 15.3. The highest BCUT2D eigenvalue weighted by molar-refractivity contribution is 9.10. The monoisotopic (exact) mass is 365 g/mol. The van der Waals surface area contributed by atoms with Gasteiger partial charge in [0.2, 0.25) is 0 Å². The molecule has 2 aliphatic heterocycles. The molecule has 3 rings (SSSR count). The topological polar surface area (TPSA) is 67.9 Å². The Kier molecular flexibility index (Phi) is 3.67. The van der Waals surface area contributed by atoms with Gasteiger partial charge < -0.3 is 10.5 Å². The zero-order valence-corrected chi connectivity index (χ0v) is 14.6. The number of ether oxygens (including phenoxy) is 1. The van der Waals surface area contributed by atoms with Crippen molar-refractivity contribution in [3.05, 3.63) is 28.2 Å². The smallest absolute Gasteiger partial charge is 0.261 e. The third-order valence-corrected chi connectivity index (χ3v) is 4.74. The molecule has 1 amide bonds. The summed E-state index contributed by atoms with van der Waals surface area (Å²) in [6.07, 6.45) is 1.36. The molecule has 0 saturated heterocycles. The molecule has 0 radical (unpaired) electrons. The van der Waals surface area contributed by atoms with Crippen LogP contribution in [0.25, 0.3) is 0 Å². The van der Waals surface area contributed by atoms with Crippen molar-refractivity contribution in [1.29, 1.82) is 0 Å². The Bertz CT molecular complexity index is 659. The molecule has 5 nitrogen and oxygen atoms in total. The average molecular weight is 366 g/mol. The van der Waals surface area contributed by atoms with E-state index in [-0.39, 0.29) is 18.0 Å². The van der Waals surface area contributed by atoms with Crippen LogP contribution in [-0.4, -0.2) is 29.9 Å². The van der Waals surface area contributed by atoms with Crippen LogP contribution >= 0.6 is 15.9 Å². The van der Waals surface area contributed by atoms with E-state index < -0.39 is 5.54 Å². The third-order valence-electron chi connectivity index (χ3n) is 4.25. The lowest BCUT2D eigenvalue weighted by Gasteiger charge is -2.37. The number of carbonyl (C=O) groups excluding carboxylic acids is 1. The average Bonchev–Trinajstić information content (AvgIpc) is 2.64. The molecular formula is C16H20BrN3O2. The van der Waals surface area contributed by atoms with Crippen LogP contribution in [0.2, 0.25) is 0 Å². The maximum Gasteiger partial charge on any atom is 0.261 e. The van der Waals surface area contributed by atoms with Gasteiger partial charge in [-0.15, -0.1) is 0 Å². The van der Waals surface area contributed by atoms with Gasteiger partial charge in [0.15, 0.2) is 11.5 Å². The molecule has 6 heteroatoms. The Balaban J connectivity index is 2.12. The standard InChI is InChI=1S/C16H20BrN3O2/c1-9(2)6-11-8-16(14(21)20(3)15(18)19-16)12-7-10(17)4-5-13(12)22-11/h4-5,7,9,11H,6,8H2,1-3H3,(H2,18,19)/t11-,16-/m0/s1. The second-order valence-corrected chi connectivity index (χ2v) is 7.32. The van der Waals surface area contributed by atoms with Gasteiger partial charge in [-0.3, -0.25) is 9.69 Å². The van der Waals surface area contributed by atoms with Crippen molar-refractivity contribution in [3.63, 3.8) is 0 Å². The van der Waals surface area contributed by atoms with Crippen LogP contribution in [0.1, 0.15) is 32.3 Å². The maximum atomic E-state index is 12.9. The van der Waals surface area contributed by atoms with Crippen molar-refractivity contribution in [1.82, 2.24) is 4.90 Å². The van der Waals surface area contributed by atoms with Gasteiger partial charge in [-0.1, -0.05) is 29.8 Å². The van der Waals surface area contributed by atoms with Gasteiger partial charge in [-0.2, -0.15) is 0 Å². The molecule has 2 N–H and O–H groups in total. The Labute approximate surface area is 138 Å². The number of hydrogen-bond acceptors (Lipinski definition) is 4. The van der Waals surface area contributed by atoms with E-state index in [1.54, 1.807) is 7.05 Å². The first-order valence-electron chi connectivity index (χ1n) is 7.43. The van der Waals surface area contributed by atoms with Gasteiger partial charge in [0.25, 0.3) is 5.91 Å². The molecule has 0 aliphatic carbocycles. The van der Waals surface area contributed by atoms with E-state index in [2.05, 4.69) is 34.8 Å². The zero-order valence-electron chi connectivity index (χ0n) is 13.0. The summed E-state index contributed by atoms with van der Waals surface area (Å²) in [5.74, 6) is 1.39. The minimum absolute atomic E-state index is 0.0410. The number of hydrogen-bond donors (Lipinski definition) is 1. The van der Waals surface area contributed by atoms with E-state index in [1.165, 1.54) is 4.90 Å². The second-order valence-electron chi connectivity index (χ2n) is 6.41. The summed E-state index contributed by atoms with van der Waals surface area (Å²) in [6, 6.07) is 5.72. The molecule has 0 saturated carbocycles. The number of halogens is 1. The van der Waals surface area contributed by atoms with Gasteiger partial charge in [-0.05, 0) is 30.5 Å². The minimum Gasteiger partial charge on any atom is -0.490 e. The van der Waals surface area contributed by atoms with Crippen molar-refractivity contribution in [3.8, 4) is 5.75 Å². The van der Waals surface area contributed by atoms with Crippen LogP contribution in [-0.2, 0) is 10.3 Å². The Hall–Kier alpha value is -1.56. The number of nitrogens with zero attached hydrogens (tertiary/aromatic N) is 2. The highest BCUT2D eigenvalue weighted by Crippen LogP contribution is 2.47. The lowest BCUT2D eigenvalue weighted by molar-refractivity contribution is -0.132. The number of benzene rings is 1. The Morgan fingerprint density at radius 2 is 2.27 bits per heavy atom. The number of likely N-dealkylation sites (N-methyl/N-ethyl adjacent to an activating group) is 1. The summed E-state index contributed by atoms with van der Waals surface area (Å²) >= 11 is 3.47. The fraction of sp³-hybridized carbons (Fsp3) is 0.500. The molecule has 0 unspecified atom stereocenters. The number of rotatable bonds is 2. The van der Waals surface area contributed by atoms with E-state index in [1.807, 2.05) is 18.2 Å². The number of nitrogens with two attached hydrogens (primary N) is 1. The van der Waals surface area contributed by atoms with Crippen LogP contribution in [0.5, 0.6) is 5.75 Å². The summed E-state index contributed by atoms with van der Waals surface area (Å²) in [5, 5.41) is 0. The molecule has 0 aromatic heterocycles.